The van der Waals surface area contributed by atoms with E-state index in [4.69, 9.17) is 23.2 Å². The molecular weight excluding hydrogens is 342 g/mol. The van der Waals surface area contributed by atoms with Crippen molar-refractivity contribution in [1.29, 1.82) is 0 Å². The maximum atomic E-state index is 12.7. The zero-order valence-electron chi connectivity index (χ0n) is 8.61. The number of benzene rings is 2. The van der Waals surface area contributed by atoms with Crippen molar-refractivity contribution in [3.63, 3.8) is 0 Å². The van der Waals surface area contributed by atoms with Gasteiger partial charge in [-0.25, -0.2) is 0 Å². The molecule has 0 bridgehead atoms. The van der Waals surface area contributed by atoms with Crippen molar-refractivity contribution in [1.82, 2.24) is 0 Å². The van der Waals surface area contributed by atoms with Crippen LogP contribution in [0.15, 0.2) is 48.5 Å². The number of hydrogen-bond acceptors (Lipinski definition) is 1. The van der Waals surface area contributed by atoms with E-state index in [1.54, 1.807) is 48.5 Å². The van der Waals surface area contributed by atoms with E-state index in [-0.39, 0.29) is 0 Å². The molecule has 0 atom stereocenters. The van der Waals surface area contributed by atoms with Crippen LogP contribution in [0.5, 0.6) is 0 Å². The Kier molecular flexibility index (Phi) is 3.99. The molecule has 0 N–H and O–H groups in total. The van der Waals surface area contributed by atoms with Crippen molar-refractivity contribution < 1.29 is 4.57 Å². The predicted octanol–water partition coefficient (Wildman–Crippen LogP) is 4.62. The minimum atomic E-state index is -2.81. The highest BCUT2D eigenvalue weighted by Gasteiger charge is 2.23. The molecule has 0 spiro atoms. The Morgan fingerprint density at radius 1 is 0.882 bits per heavy atom. The van der Waals surface area contributed by atoms with Gasteiger partial charge in [0.15, 0.2) is 0 Å². The van der Waals surface area contributed by atoms with Gasteiger partial charge in [0.25, 0.3) is 0 Å². The largest absolute Gasteiger partial charge is 0.302 e. The summed E-state index contributed by atoms with van der Waals surface area (Å²) in [6.45, 7) is 0. The molecule has 0 saturated heterocycles. The molecule has 0 unspecified atom stereocenters. The van der Waals surface area contributed by atoms with Crippen LogP contribution < -0.4 is 10.6 Å². The third-order valence-corrected chi connectivity index (χ3v) is 7.09. The summed E-state index contributed by atoms with van der Waals surface area (Å²) in [5, 5.41) is 2.44. The van der Waals surface area contributed by atoms with Gasteiger partial charge in [-0.2, -0.15) is 0 Å². The molecule has 0 saturated carbocycles. The van der Waals surface area contributed by atoms with Gasteiger partial charge >= 0.3 is 0 Å². The molecule has 17 heavy (non-hydrogen) atoms. The first-order valence-corrected chi connectivity index (χ1v) is 9.30. The smallest absolute Gasteiger partial charge is 0.203 e. The van der Waals surface area contributed by atoms with E-state index in [1.165, 1.54) is 0 Å². The van der Waals surface area contributed by atoms with Crippen molar-refractivity contribution in [3.05, 3.63) is 58.6 Å². The summed E-state index contributed by atoms with van der Waals surface area (Å²) in [6.07, 6.45) is 0. The van der Waals surface area contributed by atoms with E-state index in [9.17, 15) is 4.57 Å². The Morgan fingerprint density at radius 3 is 1.65 bits per heavy atom. The highest BCUT2D eigenvalue weighted by atomic mass is 79.9. The summed E-state index contributed by atoms with van der Waals surface area (Å²) in [6, 6.07) is 14.0. The molecule has 1 nitrogen and oxygen atoms in total. The fraction of sp³-hybridized carbons (Fsp3) is 0. The monoisotopic (exact) mass is 348 g/mol. The van der Waals surface area contributed by atoms with Crippen molar-refractivity contribution >= 4 is 55.1 Å². The second-order valence-electron chi connectivity index (χ2n) is 3.49. The highest BCUT2D eigenvalue weighted by molar-refractivity contribution is 9.42. The number of halogens is 3. The molecule has 0 heterocycles. The molecular formula is C12H8BrCl2OP. The van der Waals surface area contributed by atoms with Gasteiger partial charge in [0.2, 0.25) is 5.84 Å². The van der Waals surface area contributed by atoms with Gasteiger partial charge in [0.1, 0.15) is 0 Å². The average Bonchev–Trinajstić information content (AvgIpc) is 2.29. The van der Waals surface area contributed by atoms with Gasteiger partial charge in [-0.15, -0.1) is 0 Å². The van der Waals surface area contributed by atoms with Crippen molar-refractivity contribution in [2.45, 2.75) is 0 Å². The topological polar surface area (TPSA) is 17.1 Å². The fourth-order valence-electron chi connectivity index (χ4n) is 1.46. The Balaban J connectivity index is 2.53. The highest BCUT2D eigenvalue weighted by Crippen LogP contribution is 2.51. The molecule has 88 valence electrons. The van der Waals surface area contributed by atoms with E-state index in [1.807, 2.05) is 0 Å². The standard InChI is InChI=1S/C12H8BrCl2OP/c13-17(16,11-5-1-3-9(14)7-11)12-6-2-4-10(15)8-12/h1-8H. The minimum absolute atomic E-state index is 0.559. The van der Waals surface area contributed by atoms with Crippen LogP contribution in [0.4, 0.5) is 0 Å². The summed E-state index contributed by atoms with van der Waals surface area (Å²) in [4.78, 5) is 0. The van der Waals surface area contributed by atoms with Gasteiger partial charge < -0.3 is 4.57 Å². The van der Waals surface area contributed by atoms with Crippen LogP contribution in [0.2, 0.25) is 10.0 Å². The molecule has 2 aromatic rings. The molecule has 0 radical (unpaired) electrons. The lowest BCUT2D eigenvalue weighted by Crippen LogP contribution is -2.11. The first kappa shape index (κ1) is 13.2. The number of hydrogen-bond donors (Lipinski definition) is 0. The molecule has 5 heteroatoms. The summed E-state index contributed by atoms with van der Waals surface area (Å²) >= 11 is 15.1. The Bertz CT molecular complexity index is 551. The second kappa shape index (κ2) is 5.16. The van der Waals surface area contributed by atoms with Crippen molar-refractivity contribution in [2.24, 2.45) is 0 Å². The fourth-order valence-corrected chi connectivity index (χ4v) is 4.78. The van der Waals surface area contributed by atoms with E-state index >= 15 is 0 Å². The van der Waals surface area contributed by atoms with Gasteiger partial charge in [-0.1, -0.05) is 47.5 Å². The molecule has 0 aliphatic rings. The van der Waals surface area contributed by atoms with Crippen LogP contribution in [0.1, 0.15) is 0 Å². The number of rotatable bonds is 2. The maximum absolute atomic E-state index is 12.7. The van der Waals surface area contributed by atoms with Gasteiger partial charge in [-0.3, -0.25) is 0 Å². The lowest BCUT2D eigenvalue weighted by molar-refractivity contribution is 0.596. The third-order valence-electron chi connectivity index (χ3n) is 2.28. The molecule has 0 fully saturated rings. The zero-order chi connectivity index (χ0) is 12.5. The first-order valence-electron chi connectivity index (χ1n) is 4.82. The van der Waals surface area contributed by atoms with E-state index in [2.05, 4.69) is 15.5 Å². The van der Waals surface area contributed by atoms with Gasteiger partial charge in [-0.05, 0) is 39.8 Å². The normalized spacial score (nSPS) is 11.5. The molecule has 0 aliphatic heterocycles. The Labute approximate surface area is 118 Å². The van der Waals surface area contributed by atoms with Crippen LogP contribution in [-0.2, 0) is 4.57 Å². The van der Waals surface area contributed by atoms with Gasteiger partial charge in [0.05, 0.1) is 0 Å². The zero-order valence-corrected chi connectivity index (χ0v) is 12.6. The summed E-state index contributed by atoms with van der Waals surface area (Å²) in [7, 11) is 0. The second-order valence-corrected chi connectivity index (χ2v) is 9.46. The molecule has 2 aromatic carbocycles. The van der Waals surface area contributed by atoms with Crippen LogP contribution in [0, 0.1) is 0 Å². The van der Waals surface area contributed by atoms with Gasteiger partial charge in [0, 0.05) is 20.7 Å². The maximum Gasteiger partial charge on any atom is 0.203 e. The lowest BCUT2D eigenvalue weighted by Gasteiger charge is -2.12. The third kappa shape index (κ3) is 2.95. The lowest BCUT2D eigenvalue weighted by atomic mass is 10.4. The van der Waals surface area contributed by atoms with Crippen LogP contribution in [0.25, 0.3) is 0 Å². The Morgan fingerprint density at radius 2 is 1.29 bits per heavy atom. The predicted molar refractivity (Wildman–Crippen MR) is 78.7 cm³/mol. The molecule has 0 amide bonds. The van der Waals surface area contributed by atoms with E-state index in [0.717, 1.165) is 0 Å². The van der Waals surface area contributed by atoms with E-state index < -0.39 is 5.84 Å². The molecule has 0 aromatic heterocycles. The van der Waals surface area contributed by atoms with Crippen molar-refractivity contribution in [2.75, 3.05) is 0 Å². The average molecular weight is 350 g/mol. The molecule has 0 aliphatic carbocycles. The van der Waals surface area contributed by atoms with E-state index in [0.29, 0.717) is 20.7 Å². The summed E-state index contributed by atoms with van der Waals surface area (Å²) < 4.78 is 12.7. The SMILES string of the molecule is O=P(Br)(c1cccc(Cl)c1)c1cccc(Cl)c1. The van der Waals surface area contributed by atoms with Crippen molar-refractivity contribution in [3.8, 4) is 0 Å². The quantitative estimate of drug-likeness (QED) is 0.723. The van der Waals surface area contributed by atoms with Crippen LogP contribution in [-0.4, -0.2) is 0 Å². The minimum Gasteiger partial charge on any atom is -0.302 e. The first-order chi connectivity index (χ1) is 8.00. The Hall–Kier alpha value is -0.270. The summed E-state index contributed by atoms with van der Waals surface area (Å²) in [5.41, 5.74) is 0. The van der Waals surface area contributed by atoms with Crippen LogP contribution in [0.3, 0.4) is 0 Å². The van der Waals surface area contributed by atoms with Crippen LogP contribution >= 0.6 is 44.5 Å². The summed E-state index contributed by atoms with van der Waals surface area (Å²) in [5.74, 6) is -2.81. The molecule has 2 rings (SSSR count).